The Balaban J connectivity index is 0.00000280. The van der Waals surface area contributed by atoms with Gasteiger partial charge in [-0.2, -0.15) is 0 Å². The molecule has 0 spiro atoms. The molecule has 0 saturated heterocycles. The van der Waals surface area contributed by atoms with E-state index in [4.69, 9.17) is 9.47 Å². The van der Waals surface area contributed by atoms with E-state index >= 15 is 0 Å². The van der Waals surface area contributed by atoms with E-state index in [1.807, 2.05) is 25.1 Å². The molecule has 0 aromatic heterocycles. The van der Waals surface area contributed by atoms with Gasteiger partial charge in [0.25, 0.3) is 0 Å². The molecule has 5 nitrogen and oxygen atoms in total. The standard InChI is InChI=1S/C21H26FN3O2.HI/c1-3-23-21(25-15(2)16-7-5-4-6-8-16)24-10-9-17-11-19(22)12-18-13-26-14-27-20(17)18;/h4-8,11-12,15H,3,9-10,13-14H2,1-2H3,(H2,23,24,25);1H. The van der Waals surface area contributed by atoms with Gasteiger partial charge < -0.3 is 20.1 Å². The Morgan fingerprint density at radius 1 is 1.25 bits per heavy atom. The largest absolute Gasteiger partial charge is 0.467 e. The minimum atomic E-state index is -0.274. The number of nitrogens with zero attached hydrogens (tertiary/aromatic N) is 1. The number of hydrogen-bond acceptors (Lipinski definition) is 3. The fourth-order valence-electron chi connectivity index (χ4n) is 3.08. The molecule has 2 N–H and O–H groups in total. The molecule has 3 rings (SSSR count). The average Bonchev–Trinajstić information content (AvgIpc) is 2.68. The monoisotopic (exact) mass is 499 g/mol. The normalized spacial score (nSPS) is 14.3. The van der Waals surface area contributed by atoms with E-state index < -0.39 is 0 Å². The van der Waals surface area contributed by atoms with Crippen LogP contribution in [0, 0.1) is 5.82 Å². The molecule has 1 aliphatic heterocycles. The summed E-state index contributed by atoms with van der Waals surface area (Å²) in [5.41, 5.74) is 2.77. The van der Waals surface area contributed by atoms with Gasteiger partial charge >= 0.3 is 0 Å². The maximum Gasteiger partial charge on any atom is 0.191 e. The number of nitrogens with one attached hydrogen (secondary N) is 2. The van der Waals surface area contributed by atoms with Gasteiger partial charge in [0.15, 0.2) is 12.8 Å². The lowest BCUT2D eigenvalue weighted by Gasteiger charge is -2.21. The molecule has 0 radical (unpaired) electrons. The van der Waals surface area contributed by atoms with Crippen LogP contribution in [0.25, 0.3) is 0 Å². The summed E-state index contributed by atoms with van der Waals surface area (Å²) in [6.45, 7) is 6.00. The van der Waals surface area contributed by atoms with Crippen molar-refractivity contribution in [2.45, 2.75) is 32.9 Å². The summed E-state index contributed by atoms with van der Waals surface area (Å²) in [5.74, 6) is 1.20. The molecule has 152 valence electrons. The Morgan fingerprint density at radius 2 is 2.04 bits per heavy atom. The fraction of sp³-hybridized carbons (Fsp3) is 0.381. The Bertz CT molecular complexity index is 787. The van der Waals surface area contributed by atoms with Crippen LogP contribution in [0.5, 0.6) is 5.75 Å². The van der Waals surface area contributed by atoms with Crippen LogP contribution in [0.2, 0.25) is 0 Å². The molecule has 7 heteroatoms. The van der Waals surface area contributed by atoms with Gasteiger partial charge in [0.05, 0.1) is 12.6 Å². The highest BCUT2D eigenvalue weighted by Gasteiger charge is 2.16. The zero-order valence-electron chi connectivity index (χ0n) is 16.2. The number of guanidine groups is 1. The average molecular weight is 499 g/mol. The molecular formula is C21H27FIN3O2. The van der Waals surface area contributed by atoms with Gasteiger partial charge in [0.2, 0.25) is 0 Å². The third-order valence-corrected chi connectivity index (χ3v) is 4.40. The Morgan fingerprint density at radius 3 is 2.79 bits per heavy atom. The van der Waals surface area contributed by atoms with Gasteiger partial charge in [0, 0.05) is 18.7 Å². The lowest BCUT2D eigenvalue weighted by molar-refractivity contribution is -0.0172. The van der Waals surface area contributed by atoms with E-state index in [2.05, 4.69) is 34.7 Å². The molecule has 2 aromatic rings. The first-order valence-electron chi connectivity index (χ1n) is 9.29. The number of rotatable bonds is 6. The summed E-state index contributed by atoms with van der Waals surface area (Å²) in [4.78, 5) is 4.64. The summed E-state index contributed by atoms with van der Waals surface area (Å²) >= 11 is 0. The Hall–Kier alpha value is -1.87. The molecule has 0 bridgehead atoms. The smallest absolute Gasteiger partial charge is 0.191 e. The molecule has 2 aromatic carbocycles. The van der Waals surface area contributed by atoms with Crippen LogP contribution >= 0.6 is 24.0 Å². The van der Waals surface area contributed by atoms with Crippen LogP contribution in [0.4, 0.5) is 4.39 Å². The van der Waals surface area contributed by atoms with Crippen molar-refractivity contribution in [2.24, 2.45) is 4.99 Å². The van der Waals surface area contributed by atoms with Crippen LogP contribution < -0.4 is 15.4 Å². The first-order chi connectivity index (χ1) is 13.2. The highest BCUT2D eigenvalue weighted by Crippen LogP contribution is 2.29. The molecule has 1 heterocycles. The number of fused-ring (bicyclic) bond motifs is 1. The zero-order valence-corrected chi connectivity index (χ0v) is 18.5. The third kappa shape index (κ3) is 6.07. The van der Waals surface area contributed by atoms with Gasteiger partial charge in [-0.25, -0.2) is 4.39 Å². The molecular weight excluding hydrogens is 472 g/mol. The summed E-state index contributed by atoms with van der Waals surface area (Å²) in [6, 6.07) is 13.3. The van der Waals surface area contributed by atoms with Crippen molar-refractivity contribution in [1.82, 2.24) is 10.6 Å². The molecule has 1 aliphatic rings. The van der Waals surface area contributed by atoms with Crippen LogP contribution in [0.3, 0.4) is 0 Å². The SMILES string of the molecule is CCNC(=NCCc1cc(F)cc2c1OCOC2)NC(C)c1ccccc1.I. The van der Waals surface area contributed by atoms with Gasteiger partial charge in [-0.15, -0.1) is 24.0 Å². The van der Waals surface area contributed by atoms with Crippen molar-refractivity contribution in [3.63, 3.8) is 0 Å². The summed E-state index contributed by atoms with van der Waals surface area (Å²) in [6.07, 6.45) is 0.594. The Kier molecular flexibility index (Phi) is 8.98. The zero-order chi connectivity index (χ0) is 19.1. The quantitative estimate of drug-likeness (QED) is 0.356. The maximum absolute atomic E-state index is 13.8. The third-order valence-electron chi connectivity index (χ3n) is 4.40. The molecule has 0 saturated carbocycles. The second kappa shape index (κ2) is 11.2. The van der Waals surface area contributed by atoms with Crippen molar-refractivity contribution >= 4 is 29.9 Å². The van der Waals surface area contributed by atoms with Crippen LogP contribution in [0.1, 0.15) is 36.6 Å². The number of aliphatic imine (C=N–C) groups is 1. The molecule has 0 amide bonds. The first kappa shape index (κ1) is 22.4. The lowest BCUT2D eigenvalue weighted by atomic mass is 10.1. The number of benzene rings is 2. The van der Waals surface area contributed by atoms with Crippen LogP contribution in [-0.4, -0.2) is 25.8 Å². The van der Waals surface area contributed by atoms with E-state index in [9.17, 15) is 4.39 Å². The first-order valence-corrected chi connectivity index (χ1v) is 9.29. The molecule has 28 heavy (non-hydrogen) atoms. The molecule has 1 atom stereocenters. The van der Waals surface area contributed by atoms with Crippen LogP contribution in [-0.2, 0) is 17.8 Å². The minimum Gasteiger partial charge on any atom is -0.467 e. The van der Waals surface area contributed by atoms with E-state index in [0.29, 0.717) is 19.6 Å². The predicted octanol–water partition coefficient (Wildman–Crippen LogP) is 4.17. The molecule has 0 fully saturated rings. The number of hydrogen-bond donors (Lipinski definition) is 2. The van der Waals surface area contributed by atoms with E-state index in [1.165, 1.54) is 17.7 Å². The van der Waals surface area contributed by atoms with E-state index in [1.54, 1.807) is 0 Å². The summed E-state index contributed by atoms with van der Waals surface area (Å²) in [7, 11) is 0. The lowest BCUT2D eigenvalue weighted by Crippen LogP contribution is -2.38. The van der Waals surface area contributed by atoms with E-state index in [-0.39, 0.29) is 42.6 Å². The molecule has 1 unspecified atom stereocenters. The van der Waals surface area contributed by atoms with E-state index in [0.717, 1.165) is 29.4 Å². The highest BCUT2D eigenvalue weighted by atomic mass is 127. The van der Waals surface area contributed by atoms with Crippen molar-refractivity contribution in [1.29, 1.82) is 0 Å². The van der Waals surface area contributed by atoms with Gasteiger partial charge in [-0.3, -0.25) is 4.99 Å². The highest BCUT2D eigenvalue weighted by molar-refractivity contribution is 14.0. The van der Waals surface area contributed by atoms with Crippen molar-refractivity contribution < 1.29 is 13.9 Å². The summed E-state index contributed by atoms with van der Waals surface area (Å²) < 4.78 is 24.6. The molecule has 0 aliphatic carbocycles. The van der Waals surface area contributed by atoms with Crippen LogP contribution in [0.15, 0.2) is 47.5 Å². The van der Waals surface area contributed by atoms with Gasteiger partial charge in [-0.05, 0) is 43.5 Å². The fourth-order valence-corrected chi connectivity index (χ4v) is 3.08. The second-order valence-electron chi connectivity index (χ2n) is 6.45. The Labute approximate surface area is 182 Å². The van der Waals surface area contributed by atoms with Crippen molar-refractivity contribution in [2.75, 3.05) is 19.9 Å². The van der Waals surface area contributed by atoms with Gasteiger partial charge in [-0.1, -0.05) is 30.3 Å². The van der Waals surface area contributed by atoms with Gasteiger partial charge in [0.1, 0.15) is 11.6 Å². The second-order valence-corrected chi connectivity index (χ2v) is 6.45. The minimum absolute atomic E-state index is 0. The number of ether oxygens (including phenoxy) is 2. The summed E-state index contributed by atoms with van der Waals surface area (Å²) in [5, 5.41) is 6.66. The predicted molar refractivity (Wildman–Crippen MR) is 120 cm³/mol. The van der Waals surface area contributed by atoms with Crippen molar-refractivity contribution in [3.05, 3.63) is 65.0 Å². The number of halogens is 2. The van der Waals surface area contributed by atoms with Crippen molar-refractivity contribution in [3.8, 4) is 5.75 Å². The maximum atomic E-state index is 13.8. The topological polar surface area (TPSA) is 54.9 Å².